The molecule has 0 aromatic carbocycles. The van der Waals surface area contributed by atoms with Crippen LogP contribution in [-0.4, -0.2) is 39.8 Å². The minimum atomic E-state index is -2.41. The highest BCUT2D eigenvalue weighted by Gasteiger charge is 2.61. The van der Waals surface area contributed by atoms with E-state index in [0.717, 1.165) is 5.92 Å². The standard InChI is InChI=1S/C11H25OSSi/c1-10-8-7-9-13(4,5,6,12-14)11(10,2)3/h10H,7-9H2,1-6H3. The van der Waals surface area contributed by atoms with Gasteiger partial charge in [-0.1, -0.05) is 20.8 Å². The van der Waals surface area contributed by atoms with Crippen LogP contribution >= 0.6 is 8.58 Å². The van der Waals surface area contributed by atoms with Gasteiger partial charge in [0.15, 0.2) is 0 Å². The molecular weight excluding hydrogens is 208 g/mol. The Balaban J connectivity index is 3.34. The van der Waals surface area contributed by atoms with Crippen LogP contribution in [0.1, 0.15) is 33.6 Å². The predicted octanol–water partition coefficient (Wildman–Crippen LogP) is 2.98. The van der Waals surface area contributed by atoms with Crippen molar-refractivity contribution in [2.24, 2.45) is 5.92 Å². The van der Waals surface area contributed by atoms with Crippen molar-refractivity contribution in [3.63, 3.8) is 0 Å². The Morgan fingerprint density at radius 2 is 1.79 bits per heavy atom. The van der Waals surface area contributed by atoms with E-state index in [-0.39, 0.29) is 4.75 Å². The molecule has 3 heteroatoms. The first-order chi connectivity index (χ1) is 5.99. The second-order valence-electron chi connectivity index (χ2n) is 6.98. The minimum Gasteiger partial charge on any atom is -0.393 e. The molecule has 0 amide bonds. The molecule has 1 rings (SSSR count). The third-order valence-corrected chi connectivity index (χ3v) is 14.7. The zero-order chi connectivity index (χ0) is 11.3. The Kier molecular flexibility index (Phi) is 2.35. The summed E-state index contributed by atoms with van der Waals surface area (Å²) in [6, 6.07) is 0. The molecule has 0 aliphatic carbocycles. The van der Waals surface area contributed by atoms with Gasteiger partial charge in [-0.25, -0.2) is 8.58 Å². The van der Waals surface area contributed by atoms with Crippen molar-refractivity contribution in [3.8, 4) is 0 Å². The fourth-order valence-electron chi connectivity index (χ4n) is 2.54. The van der Waals surface area contributed by atoms with E-state index in [9.17, 15) is 0 Å². The van der Waals surface area contributed by atoms with E-state index >= 15 is 0 Å². The maximum absolute atomic E-state index is 5.96. The summed E-state index contributed by atoms with van der Waals surface area (Å²) >= 11 is 0. The van der Waals surface area contributed by atoms with Gasteiger partial charge in [0.25, 0.3) is 10.5 Å². The van der Waals surface area contributed by atoms with Gasteiger partial charge in [0, 0.05) is 4.75 Å². The maximum Gasteiger partial charge on any atom is 0.264 e. The average Bonchev–Trinajstić information content (AvgIpc) is 2.02. The Hall–Kier alpha value is 0.527. The fourth-order valence-corrected chi connectivity index (χ4v) is 7.33. The Bertz CT molecular complexity index is 261. The highest BCUT2D eigenvalue weighted by atomic mass is 32.4. The van der Waals surface area contributed by atoms with Crippen molar-refractivity contribution in [1.29, 1.82) is 0 Å². The first-order valence-electron chi connectivity index (χ1n) is 5.36. The maximum atomic E-state index is 5.96. The van der Waals surface area contributed by atoms with E-state index in [1.165, 1.54) is 18.6 Å². The van der Waals surface area contributed by atoms with Gasteiger partial charge >= 0.3 is 0 Å². The summed E-state index contributed by atoms with van der Waals surface area (Å²) in [5, 5.41) is 0. The molecule has 14 heavy (non-hydrogen) atoms. The molecule has 3 radical (unpaired) electrons. The van der Waals surface area contributed by atoms with E-state index in [4.69, 9.17) is 3.87 Å². The number of hydrogen-bond acceptors (Lipinski definition) is 1. The molecule has 1 saturated heterocycles. The van der Waals surface area contributed by atoms with Crippen LogP contribution in [-0.2, 0) is 3.87 Å². The summed E-state index contributed by atoms with van der Waals surface area (Å²) in [7, 11) is 0.982. The zero-order valence-electron chi connectivity index (χ0n) is 10.5. The first-order valence-corrected chi connectivity index (χ1v) is 9.54. The van der Waals surface area contributed by atoms with Gasteiger partial charge in [0.1, 0.15) is 0 Å². The zero-order valence-corrected chi connectivity index (χ0v) is 12.3. The number of hydrogen-bond donors (Lipinski definition) is 0. The van der Waals surface area contributed by atoms with E-state index in [1.807, 2.05) is 0 Å². The molecular formula is C11H25OSSi. The van der Waals surface area contributed by atoms with Crippen LogP contribution in [0.2, 0.25) is 0 Å². The van der Waals surface area contributed by atoms with Crippen molar-refractivity contribution >= 4 is 19.1 Å². The summed E-state index contributed by atoms with van der Waals surface area (Å²) in [6.07, 6.45) is 9.71. The van der Waals surface area contributed by atoms with Crippen LogP contribution in [0, 0.1) is 5.92 Å². The molecule has 1 nitrogen and oxygen atoms in total. The second kappa shape index (κ2) is 2.61. The van der Waals surface area contributed by atoms with Crippen LogP contribution in [0.15, 0.2) is 0 Å². The lowest BCUT2D eigenvalue weighted by Gasteiger charge is -2.83. The van der Waals surface area contributed by atoms with E-state index in [2.05, 4.69) is 50.0 Å². The smallest absolute Gasteiger partial charge is 0.264 e. The van der Waals surface area contributed by atoms with Gasteiger partial charge < -0.3 is 3.87 Å². The van der Waals surface area contributed by atoms with E-state index < -0.39 is 8.58 Å². The molecule has 0 bridgehead atoms. The Morgan fingerprint density at radius 3 is 2.14 bits per heavy atom. The van der Waals surface area contributed by atoms with Crippen LogP contribution in [0.25, 0.3) is 0 Å². The van der Waals surface area contributed by atoms with E-state index in [0.29, 0.717) is 0 Å². The lowest BCUT2D eigenvalue weighted by molar-refractivity contribution is 0.367. The number of rotatable bonds is 1. The van der Waals surface area contributed by atoms with Crippen LogP contribution in [0.5, 0.6) is 0 Å². The van der Waals surface area contributed by atoms with Gasteiger partial charge in [-0.2, -0.15) is 0 Å². The monoisotopic (exact) mass is 233 g/mol. The molecule has 0 aromatic rings. The van der Waals surface area contributed by atoms with Crippen LogP contribution < -0.4 is 0 Å². The van der Waals surface area contributed by atoms with Gasteiger partial charge in [0.2, 0.25) is 0 Å². The predicted molar refractivity (Wildman–Crippen MR) is 69.5 cm³/mol. The Morgan fingerprint density at radius 1 is 1.29 bits per heavy atom. The molecule has 1 aliphatic rings. The van der Waals surface area contributed by atoms with Crippen molar-refractivity contribution in [1.82, 2.24) is 0 Å². The third kappa shape index (κ3) is 1.32. The summed E-state index contributed by atoms with van der Waals surface area (Å²) in [4.78, 5) is 0. The quantitative estimate of drug-likeness (QED) is 0.633. The minimum absolute atomic E-state index is 0.264. The van der Waals surface area contributed by atoms with Gasteiger partial charge in [-0.15, -0.1) is 0 Å². The third-order valence-electron chi connectivity index (χ3n) is 5.28. The van der Waals surface area contributed by atoms with E-state index in [1.54, 1.807) is 0 Å². The lowest BCUT2D eigenvalue weighted by atomic mass is 9.92. The van der Waals surface area contributed by atoms with Crippen molar-refractivity contribution < 1.29 is 3.87 Å². The SMILES string of the molecule is CC1CCCS(C)(C)(C)(O[Si])C1(C)C. The van der Waals surface area contributed by atoms with Gasteiger partial charge in [-0.3, -0.25) is 0 Å². The highest BCUT2D eigenvalue weighted by molar-refractivity contribution is 8.61. The molecule has 1 aliphatic heterocycles. The normalized spacial score (nSPS) is 42.6. The lowest BCUT2D eigenvalue weighted by Crippen LogP contribution is -2.59. The molecule has 85 valence electrons. The molecule has 0 aromatic heterocycles. The summed E-state index contributed by atoms with van der Waals surface area (Å²) in [6.45, 7) is 7.11. The average molecular weight is 233 g/mol. The highest BCUT2D eigenvalue weighted by Crippen LogP contribution is 2.91. The first kappa shape index (κ1) is 12.6. The molecule has 0 saturated carbocycles. The molecule has 1 fully saturated rings. The summed E-state index contributed by atoms with van der Waals surface area (Å²) in [5.41, 5.74) is 0. The Labute approximate surface area is 92.0 Å². The second-order valence-corrected chi connectivity index (χ2v) is 16.2. The van der Waals surface area contributed by atoms with Crippen molar-refractivity contribution in [3.05, 3.63) is 0 Å². The van der Waals surface area contributed by atoms with Crippen LogP contribution in [0.3, 0.4) is 0 Å². The topological polar surface area (TPSA) is 9.23 Å². The van der Waals surface area contributed by atoms with Crippen LogP contribution in [0.4, 0.5) is 0 Å². The van der Waals surface area contributed by atoms with Crippen molar-refractivity contribution in [2.45, 2.75) is 38.4 Å². The summed E-state index contributed by atoms with van der Waals surface area (Å²) in [5.74, 6) is 1.94. The largest absolute Gasteiger partial charge is 0.393 e. The molecule has 1 unspecified atom stereocenters. The molecule has 0 spiro atoms. The summed E-state index contributed by atoms with van der Waals surface area (Å²) < 4.78 is 6.23. The fraction of sp³-hybridized carbons (Fsp3) is 1.00. The van der Waals surface area contributed by atoms with Crippen molar-refractivity contribution in [2.75, 3.05) is 24.5 Å². The molecule has 1 atom stereocenters. The van der Waals surface area contributed by atoms with Gasteiger partial charge in [0.05, 0.1) is 0 Å². The van der Waals surface area contributed by atoms with Gasteiger partial charge in [-0.05, 0) is 43.3 Å². The molecule has 1 heterocycles. The molecule has 0 N–H and O–H groups in total.